The molecule has 0 amide bonds. The lowest BCUT2D eigenvalue weighted by molar-refractivity contribution is 0.173. The van der Waals surface area contributed by atoms with Crippen molar-refractivity contribution in [3.8, 4) is 0 Å². The molecule has 0 aliphatic heterocycles. The Hall–Kier alpha value is 0.0700. The van der Waals surface area contributed by atoms with Crippen molar-refractivity contribution in [1.82, 2.24) is 4.90 Å². The highest BCUT2D eigenvalue weighted by Crippen LogP contribution is 2.21. The summed E-state index contributed by atoms with van der Waals surface area (Å²) < 4.78 is 14.0. The van der Waals surface area contributed by atoms with Gasteiger partial charge in [0.2, 0.25) is 0 Å². The van der Waals surface area contributed by atoms with Crippen molar-refractivity contribution in [3.05, 3.63) is 34.1 Å². The van der Waals surface area contributed by atoms with Gasteiger partial charge in [0, 0.05) is 21.9 Å². The Balaban J connectivity index is 2.80. The summed E-state index contributed by atoms with van der Waals surface area (Å²) in [4.78, 5) is 2.20. The first kappa shape index (κ1) is 14.1. The molecule has 1 nitrogen and oxygen atoms in total. The first-order valence-corrected chi connectivity index (χ1v) is 6.99. The SMILES string of the molecule is CN(Cc1cc(F)cc(Br)c1)C(C)(C)CBr. The second-order valence-electron chi connectivity index (χ2n) is 4.58. The monoisotopic (exact) mass is 351 g/mol. The van der Waals surface area contributed by atoms with Gasteiger partial charge in [-0.25, -0.2) is 4.39 Å². The zero-order chi connectivity index (χ0) is 12.3. The van der Waals surface area contributed by atoms with E-state index in [0.717, 1.165) is 21.9 Å². The van der Waals surface area contributed by atoms with Gasteiger partial charge in [0.05, 0.1) is 0 Å². The molecular weight excluding hydrogens is 337 g/mol. The van der Waals surface area contributed by atoms with E-state index in [1.807, 2.05) is 13.1 Å². The fraction of sp³-hybridized carbons (Fsp3) is 0.500. The number of alkyl halides is 1. The van der Waals surface area contributed by atoms with E-state index in [0.29, 0.717) is 0 Å². The summed E-state index contributed by atoms with van der Waals surface area (Å²) in [6, 6.07) is 4.99. The third kappa shape index (κ3) is 3.82. The van der Waals surface area contributed by atoms with Gasteiger partial charge in [-0.3, -0.25) is 4.90 Å². The average Bonchev–Trinajstić information content (AvgIpc) is 2.15. The zero-order valence-electron chi connectivity index (χ0n) is 9.73. The van der Waals surface area contributed by atoms with Crippen LogP contribution in [0.3, 0.4) is 0 Å². The van der Waals surface area contributed by atoms with E-state index in [1.54, 1.807) is 6.07 Å². The van der Waals surface area contributed by atoms with E-state index in [2.05, 4.69) is 50.6 Å². The van der Waals surface area contributed by atoms with E-state index in [-0.39, 0.29) is 11.4 Å². The predicted octanol–water partition coefficient (Wildman–Crippen LogP) is 4.19. The number of nitrogens with zero attached hydrogens (tertiary/aromatic N) is 1. The second kappa shape index (κ2) is 5.61. The average molecular weight is 353 g/mol. The lowest BCUT2D eigenvalue weighted by atomic mass is 10.1. The predicted molar refractivity (Wildman–Crippen MR) is 73.4 cm³/mol. The maximum Gasteiger partial charge on any atom is 0.124 e. The molecule has 0 atom stereocenters. The molecule has 1 aromatic carbocycles. The van der Waals surface area contributed by atoms with E-state index in [4.69, 9.17) is 0 Å². The van der Waals surface area contributed by atoms with E-state index in [9.17, 15) is 4.39 Å². The maximum absolute atomic E-state index is 13.2. The van der Waals surface area contributed by atoms with Crippen molar-refractivity contribution in [3.63, 3.8) is 0 Å². The molecule has 0 fully saturated rings. The molecule has 0 bridgehead atoms. The molecule has 0 spiro atoms. The molecule has 4 heteroatoms. The Bertz CT molecular complexity index is 346. The molecule has 0 N–H and O–H groups in total. The lowest BCUT2D eigenvalue weighted by Crippen LogP contribution is -2.41. The molecule has 0 saturated carbocycles. The van der Waals surface area contributed by atoms with Gasteiger partial charge in [-0.2, -0.15) is 0 Å². The van der Waals surface area contributed by atoms with Crippen molar-refractivity contribution in [2.45, 2.75) is 25.9 Å². The van der Waals surface area contributed by atoms with Gasteiger partial charge in [0.15, 0.2) is 0 Å². The van der Waals surface area contributed by atoms with Crippen LogP contribution in [-0.2, 0) is 6.54 Å². The van der Waals surface area contributed by atoms with Crippen molar-refractivity contribution in [1.29, 1.82) is 0 Å². The molecule has 0 heterocycles. The topological polar surface area (TPSA) is 3.24 Å². The van der Waals surface area contributed by atoms with Crippen LogP contribution in [0.15, 0.2) is 22.7 Å². The fourth-order valence-corrected chi connectivity index (χ4v) is 2.23. The van der Waals surface area contributed by atoms with Gasteiger partial charge in [0.1, 0.15) is 5.82 Å². The quantitative estimate of drug-likeness (QED) is 0.734. The van der Waals surface area contributed by atoms with Crippen LogP contribution in [0.2, 0.25) is 0 Å². The number of halogens is 3. The summed E-state index contributed by atoms with van der Waals surface area (Å²) >= 11 is 6.79. The molecule has 0 radical (unpaired) electrons. The van der Waals surface area contributed by atoms with Crippen LogP contribution in [0.25, 0.3) is 0 Å². The minimum absolute atomic E-state index is 0.0544. The summed E-state index contributed by atoms with van der Waals surface area (Å²) in [6.45, 7) is 5.03. The van der Waals surface area contributed by atoms with Gasteiger partial charge in [-0.05, 0) is 44.7 Å². The first-order chi connectivity index (χ1) is 7.35. The molecule has 16 heavy (non-hydrogen) atoms. The summed E-state index contributed by atoms with van der Waals surface area (Å²) in [5.74, 6) is -0.200. The summed E-state index contributed by atoms with van der Waals surface area (Å²) in [5.41, 5.74) is 1.03. The van der Waals surface area contributed by atoms with Gasteiger partial charge >= 0.3 is 0 Å². The summed E-state index contributed by atoms with van der Waals surface area (Å²) in [5, 5.41) is 0.882. The molecule has 0 aliphatic carbocycles. The second-order valence-corrected chi connectivity index (χ2v) is 6.06. The van der Waals surface area contributed by atoms with Crippen molar-refractivity contribution in [2.75, 3.05) is 12.4 Å². The Labute approximate surface area is 113 Å². The van der Waals surface area contributed by atoms with Crippen LogP contribution >= 0.6 is 31.9 Å². The van der Waals surface area contributed by atoms with Crippen LogP contribution in [0, 0.1) is 5.82 Å². The fourth-order valence-electron chi connectivity index (χ4n) is 1.29. The summed E-state index contributed by atoms with van der Waals surface area (Å²) in [6.07, 6.45) is 0. The number of hydrogen-bond donors (Lipinski definition) is 0. The largest absolute Gasteiger partial charge is 0.296 e. The molecule has 0 saturated heterocycles. The van der Waals surface area contributed by atoms with Gasteiger partial charge in [0.25, 0.3) is 0 Å². The highest BCUT2D eigenvalue weighted by atomic mass is 79.9. The Morgan fingerprint density at radius 3 is 2.44 bits per heavy atom. The zero-order valence-corrected chi connectivity index (χ0v) is 12.9. The Morgan fingerprint density at radius 2 is 1.94 bits per heavy atom. The molecule has 90 valence electrons. The molecule has 0 unspecified atom stereocenters. The van der Waals surface area contributed by atoms with Crippen LogP contribution < -0.4 is 0 Å². The lowest BCUT2D eigenvalue weighted by Gasteiger charge is -2.34. The number of rotatable bonds is 4. The standard InChI is InChI=1S/C12H16Br2FN/c1-12(2,8-13)16(3)7-9-4-10(14)6-11(15)5-9/h4-6H,7-8H2,1-3H3. The van der Waals surface area contributed by atoms with Crippen LogP contribution in [-0.4, -0.2) is 22.8 Å². The van der Waals surface area contributed by atoms with Crippen molar-refractivity contribution >= 4 is 31.9 Å². The third-order valence-electron chi connectivity index (χ3n) is 2.70. The number of hydrogen-bond acceptors (Lipinski definition) is 1. The van der Waals surface area contributed by atoms with Crippen molar-refractivity contribution < 1.29 is 4.39 Å². The molecule has 0 aromatic heterocycles. The van der Waals surface area contributed by atoms with E-state index < -0.39 is 0 Å². The van der Waals surface area contributed by atoms with E-state index >= 15 is 0 Å². The normalized spacial score (nSPS) is 12.2. The third-order valence-corrected chi connectivity index (χ3v) is 4.53. The summed E-state index contributed by atoms with van der Waals surface area (Å²) in [7, 11) is 2.04. The number of benzene rings is 1. The van der Waals surface area contributed by atoms with Gasteiger partial charge in [-0.15, -0.1) is 0 Å². The minimum atomic E-state index is -0.200. The van der Waals surface area contributed by atoms with Gasteiger partial charge < -0.3 is 0 Å². The smallest absolute Gasteiger partial charge is 0.124 e. The maximum atomic E-state index is 13.2. The molecule has 1 rings (SSSR count). The van der Waals surface area contributed by atoms with Crippen LogP contribution in [0.1, 0.15) is 19.4 Å². The molecular formula is C12H16Br2FN. The van der Waals surface area contributed by atoms with Gasteiger partial charge in [-0.1, -0.05) is 31.9 Å². The van der Waals surface area contributed by atoms with Crippen molar-refractivity contribution in [2.24, 2.45) is 0 Å². The Morgan fingerprint density at radius 1 is 1.31 bits per heavy atom. The Kier molecular flexibility index (Phi) is 4.95. The minimum Gasteiger partial charge on any atom is -0.296 e. The van der Waals surface area contributed by atoms with Crippen LogP contribution in [0.4, 0.5) is 4.39 Å². The highest BCUT2D eigenvalue weighted by molar-refractivity contribution is 9.10. The first-order valence-electron chi connectivity index (χ1n) is 5.07. The molecule has 0 aliphatic rings. The van der Waals surface area contributed by atoms with Crippen LogP contribution in [0.5, 0.6) is 0 Å². The molecule has 1 aromatic rings. The van der Waals surface area contributed by atoms with E-state index in [1.165, 1.54) is 6.07 Å². The highest BCUT2D eigenvalue weighted by Gasteiger charge is 2.22.